The third kappa shape index (κ3) is 5.59. The molecule has 0 atom stereocenters. The van der Waals surface area contributed by atoms with E-state index in [1.165, 1.54) is 40.7 Å². The van der Waals surface area contributed by atoms with Crippen LogP contribution in [0.5, 0.6) is 0 Å². The van der Waals surface area contributed by atoms with Crippen molar-refractivity contribution in [2.75, 3.05) is 25.0 Å². The van der Waals surface area contributed by atoms with Gasteiger partial charge in [0.2, 0.25) is 10.0 Å². The summed E-state index contributed by atoms with van der Waals surface area (Å²) in [5.74, 6) is -1.85. The fourth-order valence-corrected chi connectivity index (χ4v) is 4.92. The Morgan fingerprint density at radius 1 is 1.00 bits per heavy atom. The molecule has 1 aliphatic heterocycles. The maximum Gasteiger partial charge on any atom is 0.405 e. The molecule has 1 aliphatic rings. The van der Waals surface area contributed by atoms with Gasteiger partial charge < -0.3 is 10.6 Å². The molecule has 2 aromatic rings. The molecule has 0 unspecified atom stereocenters. The zero-order valence-electron chi connectivity index (χ0n) is 16.6. The molecule has 32 heavy (non-hydrogen) atoms. The van der Waals surface area contributed by atoms with Crippen LogP contribution < -0.4 is 10.6 Å². The van der Waals surface area contributed by atoms with Crippen LogP contribution >= 0.6 is 11.6 Å². The largest absolute Gasteiger partial charge is 0.405 e. The highest BCUT2D eigenvalue weighted by atomic mass is 35.5. The van der Waals surface area contributed by atoms with Gasteiger partial charge in [0.25, 0.3) is 11.8 Å². The van der Waals surface area contributed by atoms with Crippen molar-refractivity contribution in [2.24, 2.45) is 0 Å². The second-order valence-electron chi connectivity index (χ2n) is 7.05. The van der Waals surface area contributed by atoms with Gasteiger partial charge in [-0.05, 0) is 43.2 Å². The molecule has 2 N–H and O–H groups in total. The van der Waals surface area contributed by atoms with Gasteiger partial charge in [-0.25, -0.2) is 8.42 Å². The van der Waals surface area contributed by atoms with Gasteiger partial charge in [-0.2, -0.15) is 17.5 Å². The lowest BCUT2D eigenvalue weighted by atomic mass is 10.1. The number of sulfonamides is 1. The monoisotopic (exact) mass is 489 g/mol. The highest BCUT2D eigenvalue weighted by molar-refractivity contribution is 7.89. The maximum absolute atomic E-state index is 12.8. The summed E-state index contributed by atoms with van der Waals surface area (Å²) in [7, 11) is -3.80. The van der Waals surface area contributed by atoms with Gasteiger partial charge in [0, 0.05) is 13.1 Å². The molecule has 172 valence electrons. The molecule has 0 aliphatic carbocycles. The summed E-state index contributed by atoms with van der Waals surface area (Å²) in [6, 6.07) is 9.20. The van der Waals surface area contributed by atoms with Gasteiger partial charge in [0.05, 0.1) is 26.7 Å². The van der Waals surface area contributed by atoms with Crippen LogP contribution in [0.4, 0.5) is 18.9 Å². The Morgan fingerprint density at radius 3 is 2.31 bits per heavy atom. The Labute approximate surface area is 187 Å². The van der Waals surface area contributed by atoms with Crippen LogP contribution in [-0.4, -0.2) is 50.3 Å². The van der Waals surface area contributed by atoms with E-state index in [0.717, 1.165) is 18.9 Å². The number of anilines is 1. The molecule has 12 heteroatoms. The highest BCUT2D eigenvalue weighted by Gasteiger charge is 2.30. The van der Waals surface area contributed by atoms with E-state index in [-0.39, 0.29) is 26.7 Å². The molecule has 1 saturated heterocycles. The molecule has 2 aromatic carbocycles. The minimum absolute atomic E-state index is 0.0260. The number of benzene rings is 2. The standard InChI is InChI=1S/C20H19ClF3N3O4S/c21-16-8-7-13(32(30,31)27-9-3-4-10-27)11-15(16)19(29)26-17-6-2-1-5-14(17)18(28)25-12-20(22,23)24/h1-2,5-8,11H,3-4,9-10,12H2,(H,25,28)(H,26,29). The smallest absolute Gasteiger partial charge is 0.343 e. The van der Waals surface area contributed by atoms with Crippen molar-refractivity contribution in [3.63, 3.8) is 0 Å². The minimum Gasteiger partial charge on any atom is -0.343 e. The quantitative estimate of drug-likeness (QED) is 0.647. The number of carbonyl (C=O) groups is 2. The van der Waals surface area contributed by atoms with E-state index < -0.39 is 34.6 Å². The predicted octanol–water partition coefficient (Wildman–Crippen LogP) is 3.67. The highest BCUT2D eigenvalue weighted by Crippen LogP contribution is 2.26. The summed E-state index contributed by atoms with van der Waals surface area (Å²) >= 11 is 6.10. The first-order valence-corrected chi connectivity index (χ1v) is 11.4. The fraction of sp³-hybridized carbons (Fsp3) is 0.300. The first-order valence-electron chi connectivity index (χ1n) is 9.54. The molecule has 0 spiro atoms. The number of hydrogen-bond acceptors (Lipinski definition) is 4. The van der Waals surface area contributed by atoms with Crippen LogP contribution in [0.15, 0.2) is 47.4 Å². The van der Waals surface area contributed by atoms with Crippen molar-refractivity contribution in [3.05, 3.63) is 58.6 Å². The number of hydrogen-bond donors (Lipinski definition) is 2. The Hall–Kier alpha value is -2.63. The number of alkyl halides is 3. The van der Waals surface area contributed by atoms with Crippen molar-refractivity contribution in [3.8, 4) is 0 Å². The molecular weight excluding hydrogens is 471 g/mol. The summed E-state index contributed by atoms with van der Waals surface area (Å²) in [6.07, 6.45) is -3.11. The third-order valence-electron chi connectivity index (χ3n) is 4.75. The molecule has 1 heterocycles. The topological polar surface area (TPSA) is 95.6 Å². The van der Waals surface area contributed by atoms with Gasteiger partial charge in [-0.1, -0.05) is 23.7 Å². The number of nitrogens with zero attached hydrogens (tertiary/aromatic N) is 1. The molecule has 0 radical (unpaired) electrons. The maximum atomic E-state index is 12.8. The van der Waals surface area contributed by atoms with Crippen molar-refractivity contribution >= 4 is 39.1 Å². The Kier molecular flexibility index (Phi) is 7.11. The zero-order chi connectivity index (χ0) is 23.5. The number of rotatable bonds is 6. The number of nitrogens with one attached hydrogen (secondary N) is 2. The van der Waals surface area contributed by atoms with Crippen LogP contribution in [0.25, 0.3) is 0 Å². The molecule has 3 rings (SSSR count). The molecule has 0 saturated carbocycles. The third-order valence-corrected chi connectivity index (χ3v) is 6.98. The van der Waals surface area contributed by atoms with Crippen LogP contribution in [0.1, 0.15) is 33.6 Å². The average molecular weight is 490 g/mol. The normalized spacial score (nSPS) is 14.9. The van der Waals surface area contributed by atoms with Crippen LogP contribution in [0.2, 0.25) is 5.02 Å². The van der Waals surface area contributed by atoms with Gasteiger partial charge >= 0.3 is 6.18 Å². The second-order valence-corrected chi connectivity index (χ2v) is 9.40. The SMILES string of the molecule is O=C(Nc1ccccc1C(=O)NCC(F)(F)F)c1cc(S(=O)(=O)N2CCCC2)ccc1Cl. The van der Waals surface area contributed by atoms with Gasteiger partial charge in [-0.3, -0.25) is 9.59 Å². The van der Waals surface area contributed by atoms with E-state index in [0.29, 0.717) is 13.1 Å². The molecular formula is C20H19ClF3N3O4S. The summed E-state index contributed by atoms with van der Waals surface area (Å²) in [4.78, 5) is 24.9. The lowest BCUT2D eigenvalue weighted by molar-refractivity contribution is -0.123. The minimum atomic E-state index is -4.59. The van der Waals surface area contributed by atoms with Gasteiger partial charge in [-0.15, -0.1) is 0 Å². The summed E-state index contributed by atoms with van der Waals surface area (Å²) < 4.78 is 64.1. The van der Waals surface area contributed by atoms with Crippen LogP contribution in [0, 0.1) is 0 Å². The van der Waals surface area contributed by atoms with Gasteiger partial charge in [0.15, 0.2) is 0 Å². The Morgan fingerprint density at radius 2 is 1.66 bits per heavy atom. The summed E-state index contributed by atoms with van der Waals surface area (Å²) in [5, 5.41) is 4.13. The van der Waals surface area contributed by atoms with E-state index >= 15 is 0 Å². The molecule has 2 amide bonds. The van der Waals surface area contributed by atoms with E-state index in [4.69, 9.17) is 11.6 Å². The second kappa shape index (κ2) is 9.47. The van der Waals surface area contributed by atoms with E-state index in [2.05, 4.69) is 5.32 Å². The summed E-state index contributed by atoms with van der Waals surface area (Å²) in [6.45, 7) is -0.768. The first kappa shape index (κ1) is 24.0. The fourth-order valence-electron chi connectivity index (χ4n) is 3.17. The molecule has 0 aromatic heterocycles. The van der Waals surface area contributed by atoms with Crippen molar-refractivity contribution in [1.29, 1.82) is 0 Å². The van der Waals surface area contributed by atoms with Crippen LogP contribution in [0.3, 0.4) is 0 Å². The summed E-state index contributed by atoms with van der Waals surface area (Å²) in [5.41, 5.74) is -0.402. The van der Waals surface area contributed by atoms with Crippen LogP contribution in [-0.2, 0) is 10.0 Å². The van der Waals surface area contributed by atoms with Crippen molar-refractivity contribution < 1.29 is 31.2 Å². The lowest BCUT2D eigenvalue weighted by Gasteiger charge is -2.17. The molecule has 0 bridgehead atoms. The van der Waals surface area contributed by atoms with E-state index in [1.807, 2.05) is 0 Å². The van der Waals surface area contributed by atoms with Crippen molar-refractivity contribution in [1.82, 2.24) is 9.62 Å². The lowest BCUT2D eigenvalue weighted by Crippen LogP contribution is -2.34. The molecule has 7 nitrogen and oxygen atoms in total. The zero-order valence-corrected chi connectivity index (χ0v) is 18.1. The number of amides is 2. The number of para-hydroxylation sites is 1. The first-order chi connectivity index (χ1) is 15.0. The molecule has 1 fully saturated rings. The average Bonchev–Trinajstić information content (AvgIpc) is 3.28. The Balaban J connectivity index is 1.85. The van der Waals surface area contributed by atoms with Crippen molar-refractivity contribution in [2.45, 2.75) is 23.9 Å². The van der Waals surface area contributed by atoms with Gasteiger partial charge in [0.1, 0.15) is 6.54 Å². The van der Waals surface area contributed by atoms with E-state index in [9.17, 15) is 31.2 Å². The Bertz CT molecular complexity index is 1130. The number of halogens is 4. The predicted molar refractivity (Wildman–Crippen MR) is 112 cm³/mol. The number of carbonyl (C=O) groups excluding carboxylic acids is 2. The van der Waals surface area contributed by atoms with E-state index in [1.54, 1.807) is 5.32 Å².